The molecule has 0 radical (unpaired) electrons. The van der Waals surface area contributed by atoms with E-state index in [0.29, 0.717) is 6.04 Å². The maximum atomic E-state index is 3.50. The van der Waals surface area contributed by atoms with Crippen LogP contribution in [-0.4, -0.2) is 55.6 Å². The quantitative estimate of drug-likeness (QED) is 0.832. The van der Waals surface area contributed by atoms with Crippen molar-refractivity contribution in [1.82, 2.24) is 15.1 Å². The molecule has 2 rings (SSSR count). The van der Waals surface area contributed by atoms with E-state index >= 15 is 0 Å². The fourth-order valence-electron chi connectivity index (χ4n) is 3.60. The Bertz CT molecular complexity index is 428. The predicted octanol–water partition coefficient (Wildman–Crippen LogP) is 2.67. The van der Waals surface area contributed by atoms with Gasteiger partial charge in [0.2, 0.25) is 0 Å². The molecule has 1 aromatic carbocycles. The molecule has 0 aliphatic carbocycles. The third-order valence-corrected chi connectivity index (χ3v) is 4.93. The minimum absolute atomic E-state index is 0.432. The standard InChI is InChI=1S/C18H31N3/c1-5-21(6-2)16-11-12-20(13-16)14-18(19-4)17-10-8-7-9-15(17)3/h7-10,16,18-19H,5-6,11-14H2,1-4H3. The molecule has 0 amide bonds. The van der Waals surface area contributed by atoms with Crippen LogP contribution in [0.1, 0.15) is 37.4 Å². The van der Waals surface area contributed by atoms with E-state index in [4.69, 9.17) is 0 Å². The molecule has 0 aromatic heterocycles. The molecule has 2 atom stereocenters. The van der Waals surface area contributed by atoms with E-state index in [1.165, 1.54) is 43.7 Å². The molecule has 0 saturated carbocycles. The average molecular weight is 289 g/mol. The summed E-state index contributed by atoms with van der Waals surface area (Å²) >= 11 is 0. The van der Waals surface area contributed by atoms with Crippen LogP contribution < -0.4 is 5.32 Å². The van der Waals surface area contributed by atoms with Crippen LogP contribution in [0.2, 0.25) is 0 Å². The lowest BCUT2D eigenvalue weighted by Crippen LogP contribution is -2.39. The maximum absolute atomic E-state index is 3.50. The fraction of sp³-hybridized carbons (Fsp3) is 0.667. The highest BCUT2D eigenvalue weighted by Crippen LogP contribution is 2.22. The molecular weight excluding hydrogens is 258 g/mol. The van der Waals surface area contributed by atoms with E-state index in [1.807, 2.05) is 0 Å². The smallest absolute Gasteiger partial charge is 0.0449 e. The van der Waals surface area contributed by atoms with E-state index < -0.39 is 0 Å². The van der Waals surface area contributed by atoms with Crippen LogP contribution in [0.3, 0.4) is 0 Å². The highest BCUT2D eigenvalue weighted by molar-refractivity contribution is 5.29. The summed E-state index contributed by atoms with van der Waals surface area (Å²) < 4.78 is 0. The van der Waals surface area contributed by atoms with Gasteiger partial charge in [-0.2, -0.15) is 0 Å². The number of aryl methyl sites for hydroxylation is 1. The van der Waals surface area contributed by atoms with Gasteiger partial charge in [-0.1, -0.05) is 38.1 Å². The number of hydrogen-bond donors (Lipinski definition) is 1. The summed E-state index contributed by atoms with van der Waals surface area (Å²) in [7, 11) is 2.08. The van der Waals surface area contributed by atoms with Gasteiger partial charge in [0, 0.05) is 25.2 Å². The first-order valence-electron chi connectivity index (χ1n) is 8.38. The number of hydrogen-bond acceptors (Lipinski definition) is 3. The second-order valence-corrected chi connectivity index (χ2v) is 6.12. The number of benzene rings is 1. The molecule has 1 saturated heterocycles. The van der Waals surface area contributed by atoms with Gasteiger partial charge in [-0.25, -0.2) is 0 Å². The number of likely N-dealkylation sites (N-methyl/N-ethyl adjacent to an activating group) is 2. The van der Waals surface area contributed by atoms with E-state index in [1.54, 1.807) is 0 Å². The summed E-state index contributed by atoms with van der Waals surface area (Å²) in [6.45, 7) is 12.6. The average Bonchev–Trinajstić information content (AvgIpc) is 2.95. The Labute approximate surface area is 130 Å². The van der Waals surface area contributed by atoms with Gasteiger partial charge in [0.25, 0.3) is 0 Å². The Morgan fingerprint density at radius 2 is 2.00 bits per heavy atom. The van der Waals surface area contributed by atoms with Crippen molar-refractivity contribution in [3.05, 3.63) is 35.4 Å². The summed E-state index contributed by atoms with van der Waals surface area (Å²) in [5.74, 6) is 0. The maximum Gasteiger partial charge on any atom is 0.0449 e. The molecule has 1 aromatic rings. The Morgan fingerprint density at radius 1 is 1.29 bits per heavy atom. The first-order valence-corrected chi connectivity index (χ1v) is 8.38. The molecule has 1 aliphatic rings. The van der Waals surface area contributed by atoms with Crippen molar-refractivity contribution in [2.75, 3.05) is 39.8 Å². The van der Waals surface area contributed by atoms with Crippen LogP contribution in [0.25, 0.3) is 0 Å². The number of likely N-dealkylation sites (tertiary alicyclic amines) is 1. The zero-order valence-corrected chi connectivity index (χ0v) is 14.1. The molecule has 3 nitrogen and oxygen atoms in total. The molecule has 0 bridgehead atoms. The lowest BCUT2D eigenvalue weighted by atomic mass is 10.0. The van der Waals surface area contributed by atoms with Gasteiger partial charge in [0.1, 0.15) is 0 Å². The van der Waals surface area contributed by atoms with Gasteiger partial charge >= 0.3 is 0 Å². The van der Waals surface area contributed by atoms with Crippen LogP contribution in [0.5, 0.6) is 0 Å². The molecular formula is C18H31N3. The minimum atomic E-state index is 0.432. The van der Waals surface area contributed by atoms with Crippen molar-refractivity contribution in [3.63, 3.8) is 0 Å². The normalized spacial score (nSPS) is 21.1. The number of rotatable bonds is 7. The topological polar surface area (TPSA) is 18.5 Å². The fourth-order valence-corrected chi connectivity index (χ4v) is 3.60. The first-order chi connectivity index (χ1) is 10.2. The largest absolute Gasteiger partial charge is 0.312 e. The van der Waals surface area contributed by atoms with Gasteiger partial charge in [-0.3, -0.25) is 9.80 Å². The summed E-state index contributed by atoms with van der Waals surface area (Å²) in [5.41, 5.74) is 2.82. The first kappa shape index (κ1) is 16.5. The lowest BCUT2D eigenvalue weighted by molar-refractivity contribution is 0.206. The second-order valence-electron chi connectivity index (χ2n) is 6.12. The highest BCUT2D eigenvalue weighted by Gasteiger charge is 2.27. The van der Waals surface area contributed by atoms with Gasteiger partial charge < -0.3 is 5.32 Å². The van der Waals surface area contributed by atoms with Crippen molar-refractivity contribution in [2.24, 2.45) is 0 Å². The third-order valence-electron chi connectivity index (χ3n) is 4.93. The van der Waals surface area contributed by atoms with Crippen molar-refractivity contribution < 1.29 is 0 Å². The number of nitrogens with one attached hydrogen (secondary N) is 1. The SMILES string of the molecule is CCN(CC)C1CCN(CC(NC)c2ccccc2C)C1. The van der Waals surface area contributed by atoms with E-state index in [9.17, 15) is 0 Å². The van der Waals surface area contributed by atoms with Gasteiger partial charge in [0.05, 0.1) is 0 Å². The van der Waals surface area contributed by atoms with Crippen LogP contribution in [0, 0.1) is 6.92 Å². The van der Waals surface area contributed by atoms with Gasteiger partial charge in [-0.15, -0.1) is 0 Å². The Balaban J connectivity index is 1.96. The Kier molecular flexibility index (Phi) is 6.22. The summed E-state index contributed by atoms with van der Waals surface area (Å²) in [4.78, 5) is 5.22. The van der Waals surface area contributed by atoms with E-state index in [2.05, 4.69) is 67.2 Å². The van der Waals surface area contributed by atoms with E-state index in [-0.39, 0.29) is 0 Å². The Morgan fingerprint density at radius 3 is 2.62 bits per heavy atom. The van der Waals surface area contributed by atoms with E-state index in [0.717, 1.165) is 12.6 Å². The zero-order valence-electron chi connectivity index (χ0n) is 14.1. The van der Waals surface area contributed by atoms with Crippen molar-refractivity contribution in [2.45, 2.75) is 39.3 Å². The van der Waals surface area contributed by atoms with Crippen LogP contribution in [0.4, 0.5) is 0 Å². The highest BCUT2D eigenvalue weighted by atomic mass is 15.3. The van der Waals surface area contributed by atoms with Gasteiger partial charge in [-0.05, 0) is 51.2 Å². The molecule has 118 valence electrons. The minimum Gasteiger partial charge on any atom is -0.312 e. The molecule has 21 heavy (non-hydrogen) atoms. The van der Waals surface area contributed by atoms with Gasteiger partial charge in [0.15, 0.2) is 0 Å². The van der Waals surface area contributed by atoms with Crippen molar-refractivity contribution >= 4 is 0 Å². The second kappa shape index (κ2) is 7.92. The number of nitrogens with zero attached hydrogens (tertiary/aromatic N) is 2. The molecule has 0 spiro atoms. The molecule has 1 N–H and O–H groups in total. The molecule has 2 unspecified atom stereocenters. The summed E-state index contributed by atoms with van der Waals surface area (Å²) in [5, 5.41) is 3.50. The van der Waals surface area contributed by atoms with Crippen molar-refractivity contribution in [3.8, 4) is 0 Å². The molecule has 1 aliphatic heterocycles. The van der Waals surface area contributed by atoms with Crippen molar-refractivity contribution in [1.29, 1.82) is 0 Å². The van der Waals surface area contributed by atoms with Crippen LogP contribution >= 0.6 is 0 Å². The molecule has 1 heterocycles. The lowest BCUT2D eigenvalue weighted by Gasteiger charge is -2.28. The Hall–Kier alpha value is -0.900. The molecule has 1 fully saturated rings. The third kappa shape index (κ3) is 4.06. The van der Waals surface area contributed by atoms with Crippen LogP contribution in [-0.2, 0) is 0 Å². The summed E-state index contributed by atoms with van der Waals surface area (Å²) in [6, 6.07) is 9.92. The monoisotopic (exact) mass is 289 g/mol. The van der Waals surface area contributed by atoms with Crippen LogP contribution in [0.15, 0.2) is 24.3 Å². The summed E-state index contributed by atoms with van der Waals surface area (Å²) in [6.07, 6.45) is 1.31. The molecule has 3 heteroatoms. The zero-order chi connectivity index (χ0) is 15.2. The predicted molar refractivity (Wildman–Crippen MR) is 90.7 cm³/mol.